The molecule has 0 radical (unpaired) electrons. The van der Waals surface area contributed by atoms with Gasteiger partial charge in [-0.05, 0) is 24.1 Å². The van der Waals surface area contributed by atoms with Crippen LogP contribution in [0.5, 0.6) is 0 Å². The normalized spacial score (nSPS) is 10.3. The molecule has 15 heavy (non-hydrogen) atoms. The molecule has 0 unspecified atom stereocenters. The van der Waals surface area contributed by atoms with E-state index in [4.69, 9.17) is 5.73 Å². The standard InChI is InChI=1S/C13H14N2/c1-10-4-2-3-5-12(10)13-7-6-11(8-14)9-15-13/h2-7,9H,8,14H2,1H3. The topological polar surface area (TPSA) is 38.9 Å². The molecule has 76 valence electrons. The molecule has 0 aliphatic rings. The minimum atomic E-state index is 0.543. The number of hydrogen-bond acceptors (Lipinski definition) is 2. The van der Waals surface area contributed by atoms with E-state index in [1.807, 2.05) is 30.5 Å². The molecule has 0 amide bonds. The molecule has 0 aliphatic carbocycles. The summed E-state index contributed by atoms with van der Waals surface area (Å²) in [6, 6.07) is 12.3. The summed E-state index contributed by atoms with van der Waals surface area (Å²) in [5.41, 5.74) is 10.0. The van der Waals surface area contributed by atoms with E-state index in [1.54, 1.807) is 0 Å². The lowest BCUT2D eigenvalue weighted by atomic mass is 10.1. The molecule has 2 aromatic rings. The molecule has 2 N–H and O–H groups in total. The van der Waals surface area contributed by atoms with E-state index in [1.165, 1.54) is 11.1 Å². The summed E-state index contributed by atoms with van der Waals surface area (Å²) in [4.78, 5) is 4.40. The zero-order chi connectivity index (χ0) is 10.7. The number of rotatable bonds is 2. The van der Waals surface area contributed by atoms with Crippen molar-refractivity contribution in [3.8, 4) is 11.3 Å². The van der Waals surface area contributed by atoms with E-state index in [9.17, 15) is 0 Å². The Kier molecular flexibility index (Phi) is 2.79. The first kappa shape index (κ1) is 9.87. The zero-order valence-electron chi connectivity index (χ0n) is 8.77. The molecule has 2 heteroatoms. The van der Waals surface area contributed by atoms with Gasteiger partial charge in [0.25, 0.3) is 0 Å². The maximum atomic E-state index is 5.53. The molecule has 1 aromatic carbocycles. The number of pyridine rings is 1. The third-order valence-corrected chi connectivity index (χ3v) is 2.48. The molecule has 1 aromatic heterocycles. The number of benzene rings is 1. The van der Waals surface area contributed by atoms with E-state index in [-0.39, 0.29) is 0 Å². The first-order valence-electron chi connectivity index (χ1n) is 5.02. The SMILES string of the molecule is Cc1ccccc1-c1ccc(CN)cn1. The van der Waals surface area contributed by atoms with Gasteiger partial charge >= 0.3 is 0 Å². The van der Waals surface area contributed by atoms with Crippen molar-refractivity contribution in [3.63, 3.8) is 0 Å². The van der Waals surface area contributed by atoms with Crippen LogP contribution in [-0.2, 0) is 6.54 Å². The summed E-state index contributed by atoms with van der Waals surface area (Å²) < 4.78 is 0. The fraction of sp³-hybridized carbons (Fsp3) is 0.154. The van der Waals surface area contributed by atoms with Crippen molar-refractivity contribution in [1.29, 1.82) is 0 Å². The maximum Gasteiger partial charge on any atom is 0.0704 e. The Morgan fingerprint density at radius 1 is 1.13 bits per heavy atom. The molecule has 2 nitrogen and oxygen atoms in total. The molecular weight excluding hydrogens is 184 g/mol. The molecule has 1 heterocycles. The zero-order valence-corrected chi connectivity index (χ0v) is 8.77. The highest BCUT2D eigenvalue weighted by molar-refractivity contribution is 5.63. The van der Waals surface area contributed by atoms with Gasteiger partial charge in [-0.3, -0.25) is 4.98 Å². The average molecular weight is 198 g/mol. The summed E-state index contributed by atoms with van der Waals surface area (Å²) in [5, 5.41) is 0. The van der Waals surface area contributed by atoms with Crippen LogP contribution < -0.4 is 5.73 Å². The van der Waals surface area contributed by atoms with E-state index in [0.29, 0.717) is 6.54 Å². The largest absolute Gasteiger partial charge is 0.326 e. The Hall–Kier alpha value is -1.67. The van der Waals surface area contributed by atoms with Gasteiger partial charge in [-0.2, -0.15) is 0 Å². The quantitative estimate of drug-likeness (QED) is 0.805. The van der Waals surface area contributed by atoms with Crippen LogP contribution in [0.25, 0.3) is 11.3 Å². The van der Waals surface area contributed by atoms with Crippen LogP contribution >= 0.6 is 0 Å². The van der Waals surface area contributed by atoms with E-state index >= 15 is 0 Å². The van der Waals surface area contributed by atoms with Gasteiger partial charge in [-0.1, -0.05) is 30.3 Å². The molecule has 0 fully saturated rings. The lowest BCUT2D eigenvalue weighted by molar-refractivity contribution is 1.05. The van der Waals surface area contributed by atoms with Gasteiger partial charge in [-0.15, -0.1) is 0 Å². The average Bonchev–Trinajstić information content (AvgIpc) is 2.30. The number of hydrogen-bond donors (Lipinski definition) is 1. The number of aromatic nitrogens is 1. The first-order valence-corrected chi connectivity index (χ1v) is 5.02. The summed E-state index contributed by atoms with van der Waals surface area (Å²) in [6.07, 6.45) is 1.84. The second-order valence-corrected chi connectivity index (χ2v) is 3.57. The van der Waals surface area contributed by atoms with Crippen molar-refractivity contribution >= 4 is 0 Å². The number of nitrogens with two attached hydrogens (primary N) is 1. The minimum absolute atomic E-state index is 0.543. The van der Waals surface area contributed by atoms with Crippen molar-refractivity contribution in [2.45, 2.75) is 13.5 Å². The Bertz CT molecular complexity index is 446. The lowest BCUT2D eigenvalue weighted by Gasteiger charge is -2.05. The third kappa shape index (κ3) is 2.05. The molecule has 0 saturated heterocycles. The Balaban J connectivity index is 2.42. The fourth-order valence-electron chi connectivity index (χ4n) is 1.56. The molecule has 0 atom stereocenters. The summed E-state index contributed by atoms with van der Waals surface area (Å²) >= 11 is 0. The van der Waals surface area contributed by atoms with Gasteiger partial charge in [0, 0.05) is 18.3 Å². The van der Waals surface area contributed by atoms with Gasteiger partial charge < -0.3 is 5.73 Å². The van der Waals surface area contributed by atoms with Crippen LogP contribution in [0.15, 0.2) is 42.6 Å². The lowest BCUT2D eigenvalue weighted by Crippen LogP contribution is -1.97. The molecule has 0 aliphatic heterocycles. The fourth-order valence-corrected chi connectivity index (χ4v) is 1.56. The van der Waals surface area contributed by atoms with Crippen LogP contribution in [0.1, 0.15) is 11.1 Å². The van der Waals surface area contributed by atoms with Gasteiger partial charge in [0.1, 0.15) is 0 Å². The molecule has 0 saturated carbocycles. The van der Waals surface area contributed by atoms with Crippen molar-refractivity contribution in [2.24, 2.45) is 5.73 Å². The van der Waals surface area contributed by atoms with Crippen molar-refractivity contribution < 1.29 is 0 Å². The Morgan fingerprint density at radius 3 is 2.53 bits per heavy atom. The van der Waals surface area contributed by atoms with Gasteiger partial charge in [0.15, 0.2) is 0 Å². The second-order valence-electron chi connectivity index (χ2n) is 3.57. The molecular formula is C13H14N2. The minimum Gasteiger partial charge on any atom is -0.326 e. The monoisotopic (exact) mass is 198 g/mol. The van der Waals surface area contributed by atoms with Gasteiger partial charge in [0.2, 0.25) is 0 Å². The van der Waals surface area contributed by atoms with E-state index in [2.05, 4.69) is 24.0 Å². The predicted molar refractivity (Wildman–Crippen MR) is 62.3 cm³/mol. The third-order valence-electron chi connectivity index (χ3n) is 2.48. The first-order chi connectivity index (χ1) is 7.31. The van der Waals surface area contributed by atoms with Crippen molar-refractivity contribution in [1.82, 2.24) is 4.98 Å². The van der Waals surface area contributed by atoms with Crippen LogP contribution in [0.3, 0.4) is 0 Å². The highest BCUT2D eigenvalue weighted by atomic mass is 14.7. The summed E-state index contributed by atoms with van der Waals surface area (Å²) in [6.45, 7) is 2.63. The highest BCUT2D eigenvalue weighted by Gasteiger charge is 2.01. The van der Waals surface area contributed by atoms with Crippen LogP contribution in [0, 0.1) is 6.92 Å². The van der Waals surface area contributed by atoms with E-state index in [0.717, 1.165) is 11.3 Å². The van der Waals surface area contributed by atoms with Crippen molar-refractivity contribution in [3.05, 3.63) is 53.7 Å². The van der Waals surface area contributed by atoms with Crippen LogP contribution in [-0.4, -0.2) is 4.98 Å². The Morgan fingerprint density at radius 2 is 1.93 bits per heavy atom. The van der Waals surface area contributed by atoms with Crippen molar-refractivity contribution in [2.75, 3.05) is 0 Å². The van der Waals surface area contributed by atoms with Crippen LogP contribution in [0.2, 0.25) is 0 Å². The smallest absolute Gasteiger partial charge is 0.0704 e. The van der Waals surface area contributed by atoms with E-state index < -0.39 is 0 Å². The predicted octanol–water partition coefficient (Wildman–Crippen LogP) is 2.52. The summed E-state index contributed by atoms with van der Waals surface area (Å²) in [7, 11) is 0. The molecule has 0 bridgehead atoms. The van der Waals surface area contributed by atoms with Crippen LogP contribution in [0.4, 0.5) is 0 Å². The Labute approximate surface area is 89.8 Å². The van der Waals surface area contributed by atoms with Gasteiger partial charge in [-0.25, -0.2) is 0 Å². The van der Waals surface area contributed by atoms with Gasteiger partial charge in [0.05, 0.1) is 5.69 Å². The maximum absolute atomic E-state index is 5.53. The number of nitrogens with zero attached hydrogens (tertiary/aromatic N) is 1. The second kappa shape index (κ2) is 4.24. The highest BCUT2D eigenvalue weighted by Crippen LogP contribution is 2.20. The summed E-state index contributed by atoms with van der Waals surface area (Å²) in [5.74, 6) is 0. The molecule has 0 spiro atoms. The number of aryl methyl sites for hydroxylation is 1. The molecule has 2 rings (SSSR count).